The number of aliphatic carboxylic acids is 1. The van der Waals surface area contributed by atoms with Gasteiger partial charge in [-0.1, -0.05) is 0 Å². The van der Waals surface area contributed by atoms with E-state index in [9.17, 15) is 9.18 Å². The number of methoxy groups -OCH3 is 1. The molecule has 2 rings (SSSR count). The maximum absolute atomic E-state index is 13.3. The first-order valence-corrected chi connectivity index (χ1v) is 5.19. The third-order valence-electron chi connectivity index (χ3n) is 2.50. The summed E-state index contributed by atoms with van der Waals surface area (Å²) < 4.78 is 18.4. The van der Waals surface area contributed by atoms with Gasteiger partial charge in [0.1, 0.15) is 11.6 Å². The molecule has 0 aliphatic rings. The van der Waals surface area contributed by atoms with Gasteiger partial charge in [0.25, 0.3) is 0 Å². The van der Waals surface area contributed by atoms with Crippen molar-refractivity contribution in [2.24, 2.45) is 0 Å². The number of halogens is 1. The summed E-state index contributed by atoms with van der Waals surface area (Å²) >= 11 is 0. The number of aromatic amines is 1. The molecular formula is C12H11FN2O3. The van der Waals surface area contributed by atoms with Crippen molar-refractivity contribution in [2.45, 2.75) is 6.42 Å². The topological polar surface area (TPSA) is 75.2 Å². The molecule has 0 amide bonds. The molecule has 0 aliphatic carbocycles. The van der Waals surface area contributed by atoms with Crippen molar-refractivity contribution in [1.29, 1.82) is 0 Å². The van der Waals surface area contributed by atoms with Gasteiger partial charge < -0.3 is 9.84 Å². The number of rotatable bonds is 4. The second-order valence-electron chi connectivity index (χ2n) is 3.68. The number of carbonyl (C=O) groups is 1. The number of aromatic nitrogens is 2. The van der Waals surface area contributed by atoms with Crippen molar-refractivity contribution in [2.75, 3.05) is 7.11 Å². The van der Waals surface area contributed by atoms with Crippen LogP contribution in [0.15, 0.2) is 24.4 Å². The molecule has 1 aromatic carbocycles. The lowest BCUT2D eigenvalue weighted by Gasteiger charge is -2.08. The number of hydrogen-bond donors (Lipinski definition) is 2. The van der Waals surface area contributed by atoms with Crippen LogP contribution in [0, 0.1) is 5.82 Å². The molecule has 0 saturated heterocycles. The van der Waals surface area contributed by atoms with Crippen LogP contribution in [-0.4, -0.2) is 28.4 Å². The number of H-pyrrole nitrogens is 1. The monoisotopic (exact) mass is 250 g/mol. The van der Waals surface area contributed by atoms with Gasteiger partial charge in [0.05, 0.1) is 25.4 Å². The molecule has 18 heavy (non-hydrogen) atoms. The minimum absolute atomic E-state index is 0.213. The molecule has 0 unspecified atom stereocenters. The van der Waals surface area contributed by atoms with E-state index < -0.39 is 11.8 Å². The molecule has 1 aromatic heterocycles. The summed E-state index contributed by atoms with van der Waals surface area (Å²) in [6, 6.07) is 4.05. The third-order valence-corrected chi connectivity index (χ3v) is 2.50. The molecule has 5 nitrogen and oxygen atoms in total. The van der Waals surface area contributed by atoms with Gasteiger partial charge in [-0.2, -0.15) is 5.10 Å². The van der Waals surface area contributed by atoms with E-state index in [1.807, 2.05) is 0 Å². The van der Waals surface area contributed by atoms with Gasteiger partial charge in [-0.3, -0.25) is 9.89 Å². The highest BCUT2D eigenvalue weighted by Gasteiger charge is 2.15. The first-order chi connectivity index (χ1) is 8.61. The van der Waals surface area contributed by atoms with Gasteiger partial charge in [-0.05, 0) is 18.2 Å². The van der Waals surface area contributed by atoms with E-state index in [1.54, 1.807) is 0 Å². The lowest BCUT2D eigenvalue weighted by atomic mass is 10.0. The van der Waals surface area contributed by atoms with Gasteiger partial charge in [-0.25, -0.2) is 4.39 Å². The largest absolute Gasteiger partial charge is 0.496 e. The highest BCUT2D eigenvalue weighted by atomic mass is 19.1. The first kappa shape index (κ1) is 12.1. The summed E-state index contributed by atoms with van der Waals surface area (Å²) in [5.74, 6) is -0.950. The van der Waals surface area contributed by atoms with E-state index in [1.165, 1.54) is 31.5 Å². The maximum Gasteiger partial charge on any atom is 0.309 e. The van der Waals surface area contributed by atoms with E-state index >= 15 is 0 Å². The molecule has 2 aromatic rings. The normalized spacial score (nSPS) is 10.3. The van der Waals surface area contributed by atoms with Gasteiger partial charge in [0, 0.05) is 11.1 Å². The Morgan fingerprint density at radius 3 is 2.94 bits per heavy atom. The molecule has 0 atom stereocenters. The van der Waals surface area contributed by atoms with Crippen molar-refractivity contribution < 1.29 is 19.0 Å². The number of hydrogen-bond acceptors (Lipinski definition) is 3. The molecule has 0 radical (unpaired) electrons. The molecule has 1 heterocycles. The van der Waals surface area contributed by atoms with E-state index in [0.29, 0.717) is 22.6 Å². The van der Waals surface area contributed by atoms with Gasteiger partial charge in [0.15, 0.2) is 0 Å². The van der Waals surface area contributed by atoms with Gasteiger partial charge in [0.2, 0.25) is 0 Å². The zero-order chi connectivity index (χ0) is 13.1. The van der Waals surface area contributed by atoms with Gasteiger partial charge >= 0.3 is 5.97 Å². The summed E-state index contributed by atoms with van der Waals surface area (Å²) in [6.07, 6.45) is 1.24. The Kier molecular flexibility index (Phi) is 3.27. The van der Waals surface area contributed by atoms with Gasteiger partial charge in [-0.15, -0.1) is 0 Å². The summed E-state index contributed by atoms with van der Waals surface area (Å²) in [6.45, 7) is 0. The standard InChI is InChI=1S/C12H11FN2O3/c1-18-11-3-2-7(13)4-8(11)9-6-14-15-10(9)5-12(16)17/h2-4,6H,5H2,1H3,(H,14,15)(H,16,17). The van der Waals surface area contributed by atoms with Crippen molar-refractivity contribution in [3.05, 3.63) is 35.9 Å². The summed E-state index contributed by atoms with van der Waals surface area (Å²) in [5, 5.41) is 15.2. The quantitative estimate of drug-likeness (QED) is 0.868. The third kappa shape index (κ3) is 2.32. The van der Waals surface area contributed by atoms with Crippen molar-refractivity contribution in [3.63, 3.8) is 0 Å². The van der Waals surface area contributed by atoms with E-state index in [2.05, 4.69) is 10.2 Å². The SMILES string of the molecule is COc1ccc(F)cc1-c1cn[nH]c1CC(=O)O. The zero-order valence-corrected chi connectivity index (χ0v) is 9.61. The molecular weight excluding hydrogens is 239 g/mol. The number of benzene rings is 1. The lowest BCUT2D eigenvalue weighted by molar-refractivity contribution is -0.136. The van der Waals surface area contributed by atoms with Crippen LogP contribution in [0.4, 0.5) is 4.39 Å². The fraction of sp³-hybridized carbons (Fsp3) is 0.167. The van der Waals surface area contributed by atoms with E-state index in [-0.39, 0.29) is 6.42 Å². The molecule has 2 N–H and O–H groups in total. The van der Waals surface area contributed by atoms with Crippen molar-refractivity contribution >= 4 is 5.97 Å². The van der Waals surface area contributed by atoms with Crippen LogP contribution < -0.4 is 4.74 Å². The first-order valence-electron chi connectivity index (χ1n) is 5.19. The summed E-state index contributed by atoms with van der Waals surface area (Å²) in [7, 11) is 1.47. The molecule has 0 bridgehead atoms. The number of nitrogens with zero attached hydrogens (tertiary/aromatic N) is 1. The average Bonchev–Trinajstić information content (AvgIpc) is 2.76. The van der Waals surface area contributed by atoms with Crippen LogP contribution in [0.2, 0.25) is 0 Å². The van der Waals surface area contributed by atoms with E-state index in [4.69, 9.17) is 9.84 Å². The van der Waals surface area contributed by atoms with Crippen LogP contribution in [0.1, 0.15) is 5.69 Å². The van der Waals surface area contributed by atoms with Crippen LogP contribution >= 0.6 is 0 Å². The predicted octanol–water partition coefficient (Wildman–Crippen LogP) is 1.85. The van der Waals surface area contributed by atoms with E-state index in [0.717, 1.165) is 0 Å². The Balaban J connectivity index is 2.51. The number of carboxylic acids is 1. The molecule has 0 saturated carbocycles. The van der Waals surface area contributed by atoms with Crippen molar-refractivity contribution in [3.8, 4) is 16.9 Å². The summed E-state index contributed by atoms with van der Waals surface area (Å²) in [4.78, 5) is 10.7. The highest BCUT2D eigenvalue weighted by molar-refractivity contribution is 5.77. The molecule has 6 heteroatoms. The van der Waals surface area contributed by atoms with Crippen molar-refractivity contribution in [1.82, 2.24) is 10.2 Å². The molecule has 0 aliphatic heterocycles. The Morgan fingerprint density at radius 2 is 2.28 bits per heavy atom. The summed E-state index contributed by atoms with van der Waals surface area (Å²) in [5.41, 5.74) is 1.41. The van der Waals surface area contributed by atoms with Crippen LogP contribution in [-0.2, 0) is 11.2 Å². The predicted molar refractivity (Wildman–Crippen MR) is 61.9 cm³/mol. The van der Waals surface area contributed by atoms with Crippen LogP contribution in [0.25, 0.3) is 11.1 Å². The second-order valence-corrected chi connectivity index (χ2v) is 3.68. The molecule has 0 fully saturated rings. The minimum atomic E-state index is -0.990. The fourth-order valence-electron chi connectivity index (χ4n) is 1.72. The second kappa shape index (κ2) is 4.87. The number of carboxylic acid groups (broad SMARTS) is 1. The smallest absolute Gasteiger partial charge is 0.309 e. The van der Waals surface area contributed by atoms with Crippen LogP contribution in [0.3, 0.4) is 0 Å². The number of ether oxygens (including phenoxy) is 1. The Labute approximate surface area is 102 Å². The Morgan fingerprint density at radius 1 is 1.50 bits per heavy atom. The average molecular weight is 250 g/mol. The lowest BCUT2D eigenvalue weighted by Crippen LogP contribution is -2.02. The molecule has 0 spiro atoms. The maximum atomic E-state index is 13.3. The number of nitrogens with one attached hydrogen (secondary N) is 1. The Hall–Kier alpha value is -2.37. The highest BCUT2D eigenvalue weighted by Crippen LogP contribution is 2.32. The van der Waals surface area contributed by atoms with Crippen LogP contribution in [0.5, 0.6) is 5.75 Å². The molecule has 94 valence electrons. The fourth-order valence-corrected chi connectivity index (χ4v) is 1.72. The zero-order valence-electron chi connectivity index (χ0n) is 9.61. The minimum Gasteiger partial charge on any atom is -0.496 e. The Bertz CT molecular complexity index is 580.